The van der Waals surface area contributed by atoms with Crippen molar-refractivity contribution in [1.82, 2.24) is 0 Å². The summed E-state index contributed by atoms with van der Waals surface area (Å²) in [4.78, 5) is 12.9. The third-order valence-corrected chi connectivity index (χ3v) is 5.19. The molecule has 2 aromatic carbocycles. The largest absolute Gasteiger partial charge is 0.507 e. The summed E-state index contributed by atoms with van der Waals surface area (Å²) in [6, 6.07) is 6.10. The van der Waals surface area contributed by atoms with Gasteiger partial charge in [-0.2, -0.15) is 0 Å². The lowest BCUT2D eigenvalue weighted by atomic mass is 10.0. The van der Waals surface area contributed by atoms with Crippen LogP contribution < -0.4 is 10.2 Å². The van der Waals surface area contributed by atoms with Gasteiger partial charge in [0.2, 0.25) is 11.7 Å². The van der Waals surface area contributed by atoms with Crippen molar-refractivity contribution in [3.05, 3.63) is 46.8 Å². The number of aliphatic hydroxyl groups excluding tert-OH is 4. The molecule has 32 heavy (non-hydrogen) atoms. The molecule has 7 N–H and O–H groups in total. The SMILES string of the molecule is O=c1c(-c2ccc(O)c(O)c2)coc2cc(OC3OC(C(O)CO)C(O)C3O)cc(O)c12. The first-order valence-electron chi connectivity index (χ1n) is 9.49. The number of aromatic hydroxyl groups is 3. The Bertz CT molecular complexity index is 1200. The number of rotatable bonds is 5. The Hall–Kier alpha value is -3.35. The summed E-state index contributed by atoms with van der Waals surface area (Å²) in [5.74, 6) is -1.37. The standard InChI is InChI=1S/C21H20O11/c22-6-14(26)20-18(28)19(29)21(32-20)31-9-4-13(25)16-15(5-9)30-7-10(17(16)27)8-1-2-11(23)12(24)3-8/h1-5,7,14,18-26,28-29H,6H2. The predicted octanol–water partition coefficient (Wildman–Crippen LogP) is -0.245. The van der Waals surface area contributed by atoms with Gasteiger partial charge in [0.05, 0.1) is 12.2 Å². The van der Waals surface area contributed by atoms with Crippen LogP contribution in [0, 0.1) is 0 Å². The molecule has 4 rings (SSSR count). The molecule has 1 aliphatic rings. The van der Waals surface area contributed by atoms with Crippen molar-refractivity contribution in [3.8, 4) is 34.1 Å². The highest BCUT2D eigenvalue weighted by molar-refractivity contribution is 5.88. The van der Waals surface area contributed by atoms with E-state index >= 15 is 0 Å². The molecule has 0 aliphatic carbocycles. The molecule has 0 amide bonds. The zero-order valence-corrected chi connectivity index (χ0v) is 16.3. The number of aliphatic hydroxyl groups is 4. The molecule has 11 nitrogen and oxygen atoms in total. The molecule has 0 spiro atoms. The second-order valence-corrected chi connectivity index (χ2v) is 7.32. The highest BCUT2D eigenvalue weighted by Gasteiger charge is 2.47. The molecule has 0 radical (unpaired) electrons. The average molecular weight is 448 g/mol. The maximum Gasteiger partial charge on any atom is 0.229 e. The number of benzene rings is 2. The van der Waals surface area contributed by atoms with E-state index in [-0.39, 0.29) is 33.6 Å². The van der Waals surface area contributed by atoms with Crippen molar-refractivity contribution in [2.45, 2.75) is 30.7 Å². The minimum Gasteiger partial charge on any atom is -0.507 e. The lowest BCUT2D eigenvalue weighted by molar-refractivity contribution is -0.137. The number of hydrogen-bond acceptors (Lipinski definition) is 11. The molecule has 1 aliphatic heterocycles. The van der Waals surface area contributed by atoms with Crippen LogP contribution in [-0.2, 0) is 4.74 Å². The zero-order valence-electron chi connectivity index (χ0n) is 16.3. The fourth-order valence-corrected chi connectivity index (χ4v) is 3.49. The minimum absolute atomic E-state index is 0.0234. The van der Waals surface area contributed by atoms with E-state index < -0.39 is 54.2 Å². The zero-order chi connectivity index (χ0) is 23.2. The van der Waals surface area contributed by atoms with Crippen molar-refractivity contribution in [2.75, 3.05) is 6.61 Å². The summed E-state index contributed by atoms with van der Waals surface area (Å²) in [5, 5.41) is 68.1. The Kier molecular flexibility index (Phi) is 5.67. The van der Waals surface area contributed by atoms with Gasteiger partial charge in [-0.1, -0.05) is 6.07 Å². The molecule has 1 fully saturated rings. The highest BCUT2D eigenvalue weighted by atomic mass is 16.7. The van der Waals surface area contributed by atoms with Gasteiger partial charge in [-0.15, -0.1) is 0 Å². The van der Waals surface area contributed by atoms with Gasteiger partial charge in [0.1, 0.15) is 53.1 Å². The van der Waals surface area contributed by atoms with E-state index in [9.17, 15) is 35.4 Å². The first kappa shape index (κ1) is 21.9. The Morgan fingerprint density at radius 2 is 1.75 bits per heavy atom. The van der Waals surface area contributed by atoms with Crippen LogP contribution in [0.1, 0.15) is 0 Å². The third-order valence-electron chi connectivity index (χ3n) is 5.19. The maximum absolute atomic E-state index is 12.9. The lowest BCUT2D eigenvalue weighted by Gasteiger charge is -2.19. The van der Waals surface area contributed by atoms with Crippen molar-refractivity contribution >= 4 is 11.0 Å². The Morgan fingerprint density at radius 1 is 1.00 bits per heavy atom. The fourth-order valence-electron chi connectivity index (χ4n) is 3.49. The van der Waals surface area contributed by atoms with Gasteiger partial charge in [0, 0.05) is 12.1 Å². The lowest BCUT2D eigenvalue weighted by Crippen LogP contribution is -2.40. The molecule has 5 atom stereocenters. The van der Waals surface area contributed by atoms with Crippen LogP contribution >= 0.6 is 0 Å². The quantitative estimate of drug-likeness (QED) is 0.255. The second kappa shape index (κ2) is 8.30. The summed E-state index contributed by atoms with van der Waals surface area (Å²) < 4.78 is 16.2. The van der Waals surface area contributed by atoms with Crippen molar-refractivity contribution in [3.63, 3.8) is 0 Å². The molecule has 1 saturated heterocycles. The molecule has 5 unspecified atom stereocenters. The summed E-state index contributed by atoms with van der Waals surface area (Å²) in [5.41, 5.74) is -0.397. The molecule has 1 aromatic heterocycles. The average Bonchev–Trinajstić information content (AvgIpc) is 3.03. The molecule has 3 aromatic rings. The normalized spacial score (nSPS) is 24.0. The van der Waals surface area contributed by atoms with E-state index in [0.717, 1.165) is 12.3 Å². The van der Waals surface area contributed by atoms with Crippen molar-refractivity contribution in [2.24, 2.45) is 0 Å². The number of fused-ring (bicyclic) bond motifs is 1. The van der Waals surface area contributed by atoms with E-state index in [4.69, 9.17) is 19.0 Å². The summed E-state index contributed by atoms with van der Waals surface area (Å²) in [6.45, 7) is -0.704. The first-order valence-corrected chi connectivity index (χ1v) is 9.49. The van der Waals surface area contributed by atoms with Gasteiger partial charge in [-0.05, 0) is 17.7 Å². The van der Waals surface area contributed by atoms with Gasteiger partial charge in [-0.3, -0.25) is 4.79 Å². The summed E-state index contributed by atoms with van der Waals surface area (Å²) >= 11 is 0. The Balaban J connectivity index is 1.66. The topological polar surface area (TPSA) is 190 Å². The Labute approximate surface area is 179 Å². The summed E-state index contributed by atoms with van der Waals surface area (Å²) in [6.07, 6.45) is -6.16. The van der Waals surface area contributed by atoms with Crippen LogP contribution in [0.4, 0.5) is 0 Å². The molecule has 0 bridgehead atoms. The maximum atomic E-state index is 12.9. The van der Waals surface area contributed by atoms with Crippen LogP contribution in [0.2, 0.25) is 0 Å². The number of phenolic OH excluding ortho intramolecular Hbond substituents is 3. The van der Waals surface area contributed by atoms with Gasteiger partial charge < -0.3 is 49.6 Å². The van der Waals surface area contributed by atoms with E-state index in [1.165, 1.54) is 24.3 Å². The van der Waals surface area contributed by atoms with E-state index in [1.807, 2.05) is 0 Å². The van der Waals surface area contributed by atoms with Crippen LogP contribution in [0.3, 0.4) is 0 Å². The van der Waals surface area contributed by atoms with E-state index in [2.05, 4.69) is 0 Å². The van der Waals surface area contributed by atoms with Crippen LogP contribution in [0.25, 0.3) is 22.1 Å². The third kappa shape index (κ3) is 3.72. The number of phenols is 3. The molecular formula is C21H20O11. The predicted molar refractivity (Wildman–Crippen MR) is 107 cm³/mol. The highest BCUT2D eigenvalue weighted by Crippen LogP contribution is 2.34. The van der Waals surface area contributed by atoms with Crippen molar-refractivity contribution in [1.29, 1.82) is 0 Å². The van der Waals surface area contributed by atoms with Crippen molar-refractivity contribution < 1.29 is 49.6 Å². The minimum atomic E-state index is -1.56. The van der Waals surface area contributed by atoms with Crippen LogP contribution in [0.5, 0.6) is 23.0 Å². The van der Waals surface area contributed by atoms with Gasteiger partial charge in [-0.25, -0.2) is 0 Å². The van der Waals surface area contributed by atoms with E-state index in [0.29, 0.717) is 0 Å². The Morgan fingerprint density at radius 3 is 2.44 bits per heavy atom. The van der Waals surface area contributed by atoms with Gasteiger partial charge >= 0.3 is 0 Å². The molecule has 0 saturated carbocycles. The van der Waals surface area contributed by atoms with Crippen LogP contribution in [0.15, 0.2) is 45.8 Å². The van der Waals surface area contributed by atoms with Gasteiger partial charge in [0.25, 0.3) is 0 Å². The molecule has 2 heterocycles. The monoisotopic (exact) mass is 448 g/mol. The second-order valence-electron chi connectivity index (χ2n) is 7.32. The number of hydrogen-bond donors (Lipinski definition) is 7. The molecule has 11 heteroatoms. The first-order chi connectivity index (χ1) is 15.2. The van der Waals surface area contributed by atoms with Gasteiger partial charge in [0.15, 0.2) is 11.5 Å². The van der Waals surface area contributed by atoms with E-state index in [1.54, 1.807) is 0 Å². The smallest absolute Gasteiger partial charge is 0.229 e. The summed E-state index contributed by atoms with van der Waals surface area (Å²) in [7, 11) is 0. The fraction of sp³-hybridized carbons (Fsp3) is 0.286. The molecular weight excluding hydrogens is 428 g/mol. The van der Waals surface area contributed by atoms with Crippen LogP contribution in [-0.4, -0.2) is 73.1 Å². The molecule has 170 valence electrons. The number of ether oxygens (including phenoxy) is 2.